The molecule has 1 fully saturated rings. The van der Waals surface area contributed by atoms with E-state index in [4.69, 9.17) is 0 Å². The molecule has 1 atom stereocenters. The van der Waals surface area contributed by atoms with Gasteiger partial charge in [0, 0.05) is 25.7 Å². The van der Waals surface area contributed by atoms with E-state index in [2.05, 4.69) is 18.1 Å². The number of amides is 1. The Morgan fingerprint density at radius 2 is 2.12 bits per heavy atom. The molecule has 1 saturated heterocycles. The minimum absolute atomic E-state index is 0.177. The van der Waals surface area contributed by atoms with Gasteiger partial charge in [0.1, 0.15) is 0 Å². The van der Waals surface area contributed by atoms with Crippen LogP contribution in [0.1, 0.15) is 39.0 Å². The van der Waals surface area contributed by atoms with E-state index in [-0.39, 0.29) is 5.91 Å². The van der Waals surface area contributed by atoms with E-state index in [9.17, 15) is 4.79 Å². The highest BCUT2D eigenvalue weighted by atomic mass is 16.2. The third-order valence-electron chi connectivity index (χ3n) is 3.79. The monoisotopic (exact) mass is 222 g/mol. The lowest BCUT2D eigenvalue weighted by atomic mass is 9.92. The second-order valence-corrected chi connectivity index (χ2v) is 5.01. The third-order valence-corrected chi connectivity index (χ3v) is 3.79. The van der Waals surface area contributed by atoms with E-state index in [0.717, 1.165) is 13.0 Å². The number of carbonyl (C=O) groups excluding carboxylic acids is 1. The maximum atomic E-state index is 11.4. The largest absolute Gasteiger partial charge is 0.319 e. The van der Waals surface area contributed by atoms with Gasteiger partial charge in [-0.3, -0.25) is 9.69 Å². The fourth-order valence-electron chi connectivity index (χ4n) is 2.83. The number of hydrogen-bond acceptors (Lipinski definition) is 2. The van der Waals surface area contributed by atoms with Crippen LogP contribution in [0.15, 0.2) is 11.8 Å². The average Bonchev–Trinajstić information content (AvgIpc) is 2.30. The predicted molar refractivity (Wildman–Crippen MR) is 65.0 cm³/mol. The Morgan fingerprint density at radius 3 is 2.81 bits per heavy atom. The van der Waals surface area contributed by atoms with E-state index in [1.807, 2.05) is 4.90 Å². The van der Waals surface area contributed by atoms with E-state index in [1.165, 1.54) is 37.8 Å². The highest BCUT2D eigenvalue weighted by Gasteiger charge is 2.25. The lowest BCUT2D eigenvalue weighted by molar-refractivity contribution is -0.126. The van der Waals surface area contributed by atoms with Gasteiger partial charge < -0.3 is 4.90 Å². The van der Waals surface area contributed by atoms with Crippen LogP contribution in [0.3, 0.4) is 0 Å². The second kappa shape index (κ2) is 5.00. The van der Waals surface area contributed by atoms with Gasteiger partial charge in [-0.15, -0.1) is 0 Å². The maximum absolute atomic E-state index is 11.4. The topological polar surface area (TPSA) is 23.6 Å². The molecule has 0 saturated carbocycles. The van der Waals surface area contributed by atoms with Crippen molar-refractivity contribution >= 4 is 5.91 Å². The van der Waals surface area contributed by atoms with Crippen LogP contribution in [0.4, 0.5) is 0 Å². The van der Waals surface area contributed by atoms with Crippen LogP contribution >= 0.6 is 0 Å². The summed E-state index contributed by atoms with van der Waals surface area (Å²) in [6, 6.07) is 0.580. The Hall–Kier alpha value is -0.830. The molecule has 0 N–H and O–H groups in total. The van der Waals surface area contributed by atoms with Crippen LogP contribution in [0, 0.1) is 0 Å². The van der Waals surface area contributed by atoms with Crippen molar-refractivity contribution in [2.45, 2.75) is 45.1 Å². The van der Waals surface area contributed by atoms with Crippen molar-refractivity contribution < 1.29 is 4.79 Å². The molecule has 16 heavy (non-hydrogen) atoms. The summed E-state index contributed by atoms with van der Waals surface area (Å²) in [4.78, 5) is 15.7. The molecule has 0 aliphatic carbocycles. The summed E-state index contributed by atoms with van der Waals surface area (Å²) in [5.41, 5.74) is 1.46. The molecule has 0 spiro atoms. The van der Waals surface area contributed by atoms with Crippen LogP contribution in [0.25, 0.3) is 0 Å². The van der Waals surface area contributed by atoms with Crippen molar-refractivity contribution in [1.29, 1.82) is 0 Å². The zero-order chi connectivity index (χ0) is 11.5. The molecular weight excluding hydrogens is 200 g/mol. The van der Waals surface area contributed by atoms with Crippen molar-refractivity contribution in [3.05, 3.63) is 11.8 Å². The summed E-state index contributed by atoms with van der Waals surface area (Å²) in [5, 5.41) is 0. The first-order valence-electron chi connectivity index (χ1n) is 6.36. The molecule has 2 heterocycles. The molecule has 0 radical (unpaired) electrons. The highest BCUT2D eigenvalue weighted by molar-refractivity contribution is 5.74. The molecular formula is C13H22N2O. The molecule has 0 aromatic rings. The first kappa shape index (κ1) is 11.6. The molecule has 2 aliphatic heterocycles. The van der Waals surface area contributed by atoms with Crippen LogP contribution in [0.5, 0.6) is 0 Å². The predicted octanol–water partition coefficient (Wildman–Crippen LogP) is 2.00. The number of rotatable bonds is 1. The number of likely N-dealkylation sites (N-methyl/N-ethyl adjacent to an activating group) is 1. The van der Waals surface area contributed by atoms with E-state index in [0.29, 0.717) is 6.04 Å². The smallest absolute Gasteiger partial charge is 0.223 e. The molecule has 3 heteroatoms. The fourth-order valence-corrected chi connectivity index (χ4v) is 2.83. The van der Waals surface area contributed by atoms with Gasteiger partial charge in [-0.1, -0.05) is 6.42 Å². The normalized spacial score (nSPS) is 27.8. The van der Waals surface area contributed by atoms with Gasteiger partial charge in [0.25, 0.3) is 0 Å². The minimum atomic E-state index is 0.177. The van der Waals surface area contributed by atoms with Crippen LogP contribution in [0.2, 0.25) is 0 Å². The van der Waals surface area contributed by atoms with Gasteiger partial charge in [0.15, 0.2) is 0 Å². The van der Waals surface area contributed by atoms with Gasteiger partial charge in [-0.2, -0.15) is 0 Å². The van der Waals surface area contributed by atoms with Crippen molar-refractivity contribution in [2.24, 2.45) is 0 Å². The third kappa shape index (κ3) is 2.46. The zero-order valence-corrected chi connectivity index (χ0v) is 10.4. The SMILES string of the molecule is CC(=O)N1C=C([C@@H]2CCCCN2C)CCC1. The van der Waals surface area contributed by atoms with Gasteiger partial charge in [-0.25, -0.2) is 0 Å². The van der Waals surface area contributed by atoms with E-state index < -0.39 is 0 Å². The summed E-state index contributed by atoms with van der Waals surface area (Å²) in [6.45, 7) is 3.75. The van der Waals surface area contributed by atoms with E-state index in [1.54, 1.807) is 6.92 Å². The fraction of sp³-hybridized carbons (Fsp3) is 0.769. The summed E-state index contributed by atoms with van der Waals surface area (Å²) >= 11 is 0. The van der Waals surface area contributed by atoms with E-state index >= 15 is 0 Å². The minimum Gasteiger partial charge on any atom is -0.319 e. The number of piperidine rings is 1. The first-order chi connectivity index (χ1) is 7.68. The van der Waals surface area contributed by atoms with Crippen molar-refractivity contribution in [3.8, 4) is 0 Å². The molecule has 0 aromatic carbocycles. The van der Waals surface area contributed by atoms with Gasteiger partial charge in [0.05, 0.1) is 0 Å². The van der Waals surface area contributed by atoms with Crippen molar-refractivity contribution in [3.63, 3.8) is 0 Å². The van der Waals surface area contributed by atoms with Gasteiger partial charge >= 0.3 is 0 Å². The molecule has 0 unspecified atom stereocenters. The van der Waals surface area contributed by atoms with Gasteiger partial charge in [-0.05, 0) is 44.8 Å². The number of hydrogen-bond donors (Lipinski definition) is 0. The lowest BCUT2D eigenvalue weighted by Crippen LogP contribution is -2.40. The molecule has 0 aromatic heterocycles. The van der Waals surface area contributed by atoms with Crippen LogP contribution < -0.4 is 0 Å². The second-order valence-electron chi connectivity index (χ2n) is 5.01. The summed E-state index contributed by atoms with van der Waals surface area (Å²) in [6.07, 6.45) is 8.30. The zero-order valence-electron chi connectivity index (χ0n) is 10.4. The van der Waals surface area contributed by atoms with Gasteiger partial charge in [0.2, 0.25) is 5.91 Å². The lowest BCUT2D eigenvalue weighted by Gasteiger charge is -2.37. The molecule has 1 amide bonds. The van der Waals surface area contributed by atoms with Crippen molar-refractivity contribution in [1.82, 2.24) is 9.80 Å². The van der Waals surface area contributed by atoms with Crippen LogP contribution in [-0.4, -0.2) is 41.9 Å². The summed E-state index contributed by atoms with van der Waals surface area (Å²) < 4.78 is 0. The Kier molecular flexibility index (Phi) is 3.64. The molecule has 2 aliphatic rings. The average molecular weight is 222 g/mol. The van der Waals surface area contributed by atoms with Crippen molar-refractivity contribution in [2.75, 3.05) is 20.1 Å². The standard InChI is InChI=1S/C13H22N2O/c1-11(16)15-9-5-6-12(10-15)13-7-3-4-8-14(13)2/h10,13H,3-9H2,1-2H3/t13-/m0/s1. The molecule has 2 rings (SSSR count). The Morgan fingerprint density at radius 1 is 1.31 bits per heavy atom. The number of nitrogens with zero attached hydrogens (tertiary/aromatic N) is 2. The number of carbonyl (C=O) groups is 1. The molecule has 0 bridgehead atoms. The molecule has 3 nitrogen and oxygen atoms in total. The Labute approximate surface area is 98.1 Å². The Bertz CT molecular complexity index is 298. The summed E-state index contributed by atoms with van der Waals surface area (Å²) in [5.74, 6) is 0.177. The molecule has 90 valence electrons. The first-order valence-corrected chi connectivity index (χ1v) is 6.36. The number of likely N-dealkylation sites (tertiary alicyclic amines) is 1. The summed E-state index contributed by atoms with van der Waals surface area (Å²) in [7, 11) is 2.21. The van der Waals surface area contributed by atoms with Crippen LogP contribution in [-0.2, 0) is 4.79 Å². The Balaban J connectivity index is 2.09. The highest BCUT2D eigenvalue weighted by Crippen LogP contribution is 2.27. The quantitative estimate of drug-likeness (QED) is 0.677. The maximum Gasteiger partial charge on any atom is 0.223 e.